The average molecular weight is 432 g/mol. The molecule has 2 heterocycles. The van der Waals surface area contributed by atoms with Crippen LogP contribution in [0.5, 0.6) is 0 Å². The monoisotopic (exact) mass is 431 g/mol. The van der Waals surface area contributed by atoms with Crippen LogP contribution in [0.4, 0.5) is 8.78 Å². The molecule has 0 radical (unpaired) electrons. The first-order chi connectivity index (χ1) is 14.1. The summed E-state index contributed by atoms with van der Waals surface area (Å²) in [6.45, 7) is 1.60. The molecule has 0 aliphatic carbocycles. The molecule has 0 spiro atoms. The second kappa shape index (κ2) is 8.34. The van der Waals surface area contributed by atoms with Gasteiger partial charge in [-0.05, 0) is 36.4 Å². The smallest absolute Gasteiger partial charge is 0.298 e. The molecule has 0 atom stereocenters. The Morgan fingerprint density at radius 3 is 2.59 bits per heavy atom. The van der Waals surface area contributed by atoms with Gasteiger partial charge in [0.25, 0.3) is 0 Å². The molecule has 9 heteroatoms. The number of nitrogens with zero attached hydrogens (tertiary/aromatic N) is 5. The van der Waals surface area contributed by atoms with Gasteiger partial charge < -0.3 is 0 Å². The fourth-order valence-electron chi connectivity index (χ4n) is 3.04. The van der Waals surface area contributed by atoms with E-state index in [-0.39, 0.29) is 11.6 Å². The summed E-state index contributed by atoms with van der Waals surface area (Å²) in [5.74, 6) is 1.17. The van der Waals surface area contributed by atoms with Crippen LogP contribution >= 0.6 is 23.4 Å². The van der Waals surface area contributed by atoms with Crippen molar-refractivity contribution in [1.29, 1.82) is 0 Å². The summed E-state index contributed by atoms with van der Waals surface area (Å²) in [6, 6.07) is 14.1. The first-order valence-corrected chi connectivity index (χ1v) is 10.1. The highest BCUT2D eigenvalue weighted by molar-refractivity contribution is 7.98. The van der Waals surface area contributed by atoms with Gasteiger partial charge in [-0.2, -0.15) is 8.78 Å². The lowest BCUT2D eigenvalue weighted by Gasteiger charge is -2.09. The highest BCUT2D eigenvalue weighted by Crippen LogP contribution is 2.30. The molecule has 4 aromatic rings. The van der Waals surface area contributed by atoms with Crippen molar-refractivity contribution >= 4 is 34.4 Å². The topological polar surface area (TPSA) is 48.5 Å². The van der Waals surface area contributed by atoms with Gasteiger partial charge in [0.15, 0.2) is 11.0 Å². The third kappa shape index (κ3) is 3.90. The molecular formula is C20H16ClF2N5S. The Kier molecular flexibility index (Phi) is 5.64. The zero-order chi connectivity index (χ0) is 20.4. The standard InChI is InChI=1S/C20H16ClF2N5S/c1-2-11-27-18(13-7-9-14(21)10-8-13)25-26-20(27)29-12-17-24-15-5-3-4-6-16(15)28(17)19(22)23/h2-10,19H,1,11-12H2. The van der Waals surface area contributed by atoms with Crippen molar-refractivity contribution in [2.24, 2.45) is 0 Å². The summed E-state index contributed by atoms with van der Waals surface area (Å²) in [6.07, 6.45) is 1.74. The summed E-state index contributed by atoms with van der Waals surface area (Å²) in [5.41, 5.74) is 1.81. The van der Waals surface area contributed by atoms with E-state index in [1.165, 1.54) is 11.8 Å². The Labute approximate surface area is 175 Å². The molecule has 0 bridgehead atoms. The van der Waals surface area contributed by atoms with Crippen LogP contribution in [-0.4, -0.2) is 24.3 Å². The van der Waals surface area contributed by atoms with E-state index < -0.39 is 6.55 Å². The van der Waals surface area contributed by atoms with Gasteiger partial charge >= 0.3 is 6.55 Å². The van der Waals surface area contributed by atoms with Crippen molar-refractivity contribution in [3.8, 4) is 11.4 Å². The number of fused-ring (bicyclic) bond motifs is 1. The lowest BCUT2D eigenvalue weighted by Crippen LogP contribution is -2.05. The van der Waals surface area contributed by atoms with Gasteiger partial charge in [-0.3, -0.25) is 9.13 Å². The Balaban J connectivity index is 1.65. The van der Waals surface area contributed by atoms with E-state index in [1.54, 1.807) is 42.5 Å². The van der Waals surface area contributed by atoms with Crippen molar-refractivity contribution in [2.45, 2.75) is 24.0 Å². The largest absolute Gasteiger partial charge is 0.320 e. The fourth-order valence-corrected chi connectivity index (χ4v) is 4.05. The minimum Gasteiger partial charge on any atom is -0.298 e. The average Bonchev–Trinajstić information content (AvgIpc) is 3.28. The van der Waals surface area contributed by atoms with Crippen LogP contribution in [0.25, 0.3) is 22.4 Å². The van der Waals surface area contributed by atoms with Gasteiger partial charge in [-0.1, -0.05) is 41.6 Å². The lowest BCUT2D eigenvalue weighted by atomic mass is 10.2. The number of hydrogen-bond donors (Lipinski definition) is 0. The number of benzene rings is 2. The van der Waals surface area contributed by atoms with Crippen molar-refractivity contribution in [3.05, 3.63) is 72.0 Å². The summed E-state index contributed by atoms with van der Waals surface area (Å²) in [4.78, 5) is 4.37. The van der Waals surface area contributed by atoms with E-state index in [0.29, 0.717) is 33.6 Å². The molecule has 0 aliphatic heterocycles. The number of allylic oxidation sites excluding steroid dienone is 1. The molecular weight excluding hydrogens is 416 g/mol. The van der Waals surface area contributed by atoms with Gasteiger partial charge in [-0.25, -0.2) is 4.98 Å². The molecule has 0 N–H and O–H groups in total. The van der Waals surface area contributed by atoms with Crippen LogP contribution in [0.15, 0.2) is 66.3 Å². The van der Waals surface area contributed by atoms with Crippen LogP contribution in [0.2, 0.25) is 5.02 Å². The normalized spacial score (nSPS) is 11.4. The van der Waals surface area contributed by atoms with E-state index in [4.69, 9.17) is 11.6 Å². The number of hydrogen-bond acceptors (Lipinski definition) is 4. The van der Waals surface area contributed by atoms with Crippen LogP contribution in [-0.2, 0) is 12.3 Å². The number of aromatic nitrogens is 5. The molecule has 29 heavy (non-hydrogen) atoms. The number of imidazole rings is 1. The lowest BCUT2D eigenvalue weighted by molar-refractivity contribution is 0.0722. The summed E-state index contributed by atoms with van der Waals surface area (Å²) in [5, 5.41) is 9.75. The zero-order valence-corrected chi connectivity index (χ0v) is 16.7. The van der Waals surface area contributed by atoms with Gasteiger partial charge in [0, 0.05) is 17.1 Å². The minimum atomic E-state index is -2.67. The molecule has 0 aliphatic rings. The SMILES string of the molecule is C=CCn1c(SCc2nc3ccccc3n2C(F)F)nnc1-c1ccc(Cl)cc1. The van der Waals surface area contributed by atoms with Crippen molar-refractivity contribution in [3.63, 3.8) is 0 Å². The highest BCUT2D eigenvalue weighted by atomic mass is 35.5. The van der Waals surface area contributed by atoms with Gasteiger partial charge in [0.1, 0.15) is 5.82 Å². The van der Waals surface area contributed by atoms with Crippen LogP contribution in [0.1, 0.15) is 12.4 Å². The van der Waals surface area contributed by atoms with Crippen molar-refractivity contribution in [1.82, 2.24) is 24.3 Å². The number of thioether (sulfide) groups is 1. The maximum Gasteiger partial charge on any atom is 0.320 e. The second-order valence-corrected chi connectivity index (χ2v) is 7.54. The Bertz CT molecular complexity index is 1150. The molecule has 4 rings (SSSR count). The van der Waals surface area contributed by atoms with E-state index >= 15 is 0 Å². The molecule has 0 saturated heterocycles. The molecule has 5 nitrogen and oxygen atoms in total. The molecule has 2 aromatic heterocycles. The predicted molar refractivity (Wildman–Crippen MR) is 111 cm³/mol. The summed E-state index contributed by atoms with van der Waals surface area (Å²) in [7, 11) is 0. The number of alkyl halides is 2. The van der Waals surface area contributed by atoms with Crippen molar-refractivity contribution in [2.75, 3.05) is 0 Å². The van der Waals surface area contributed by atoms with Gasteiger partial charge in [0.2, 0.25) is 0 Å². The molecule has 0 unspecified atom stereocenters. The van der Waals surface area contributed by atoms with E-state index in [9.17, 15) is 8.78 Å². The zero-order valence-electron chi connectivity index (χ0n) is 15.2. The highest BCUT2D eigenvalue weighted by Gasteiger charge is 2.19. The summed E-state index contributed by atoms with van der Waals surface area (Å²) < 4.78 is 30.1. The molecule has 148 valence electrons. The molecule has 2 aromatic carbocycles. The third-order valence-corrected chi connectivity index (χ3v) is 5.54. The first kappa shape index (κ1) is 19.6. The van der Waals surface area contributed by atoms with Crippen molar-refractivity contribution < 1.29 is 8.78 Å². The van der Waals surface area contributed by atoms with E-state index in [0.717, 1.165) is 10.1 Å². The Hall–Kier alpha value is -2.71. The Morgan fingerprint density at radius 1 is 1.10 bits per heavy atom. The van der Waals surface area contributed by atoms with Crippen LogP contribution in [0.3, 0.4) is 0 Å². The van der Waals surface area contributed by atoms with Crippen LogP contribution < -0.4 is 0 Å². The van der Waals surface area contributed by atoms with Crippen LogP contribution in [0, 0.1) is 0 Å². The molecule has 0 amide bonds. The number of halogens is 3. The first-order valence-electron chi connectivity index (χ1n) is 8.75. The fraction of sp³-hybridized carbons (Fsp3) is 0.150. The maximum absolute atomic E-state index is 13.6. The van der Waals surface area contributed by atoms with E-state index in [2.05, 4.69) is 21.8 Å². The number of rotatable bonds is 7. The molecule has 0 fully saturated rings. The predicted octanol–water partition coefficient (Wildman–Crippen LogP) is 5.82. The minimum absolute atomic E-state index is 0.231. The van der Waals surface area contributed by atoms with E-state index in [1.807, 2.05) is 16.7 Å². The Morgan fingerprint density at radius 2 is 1.86 bits per heavy atom. The quantitative estimate of drug-likeness (QED) is 0.273. The van der Waals surface area contributed by atoms with Gasteiger partial charge in [-0.15, -0.1) is 16.8 Å². The summed E-state index contributed by atoms with van der Waals surface area (Å²) >= 11 is 7.27. The number of para-hydroxylation sites is 2. The van der Waals surface area contributed by atoms with Gasteiger partial charge in [0.05, 0.1) is 16.8 Å². The second-order valence-electron chi connectivity index (χ2n) is 6.17. The maximum atomic E-state index is 13.6. The molecule has 0 saturated carbocycles. The third-order valence-electron chi connectivity index (χ3n) is 4.33.